The van der Waals surface area contributed by atoms with Crippen LogP contribution in [0, 0.1) is 6.92 Å². The van der Waals surface area contributed by atoms with Crippen molar-refractivity contribution in [2.75, 3.05) is 5.73 Å². The van der Waals surface area contributed by atoms with Crippen molar-refractivity contribution in [3.63, 3.8) is 0 Å². The van der Waals surface area contributed by atoms with Crippen molar-refractivity contribution in [3.05, 3.63) is 48.5 Å². The Morgan fingerprint density at radius 3 is 2.88 bits per heavy atom. The number of benzene rings is 1. The number of nitrogens with zero attached hydrogens (tertiary/aromatic N) is 3. The molecule has 4 heteroatoms. The van der Waals surface area contributed by atoms with E-state index in [-0.39, 0.29) is 0 Å². The highest BCUT2D eigenvalue weighted by atomic mass is 15.1. The monoisotopic (exact) mass is 224 g/mol. The fraction of sp³-hybridized carbons (Fsp3) is 0.0769. The molecule has 0 aliphatic heterocycles. The normalized spacial score (nSPS) is 10.9. The molecular weight excluding hydrogens is 212 g/mol. The summed E-state index contributed by atoms with van der Waals surface area (Å²) in [6.45, 7) is 1.93. The van der Waals surface area contributed by atoms with E-state index < -0.39 is 0 Å². The maximum Gasteiger partial charge on any atom is 0.205 e. The number of hydrogen-bond donors (Lipinski definition) is 1. The molecule has 0 saturated heterocycles. The minimum Gasteiger partial charge on any atom is -0.369 e. The van der Waals surface area contributed by atoms with E-state index in [0.717, 1.165) is 22.2 Å². The van der Waals surface area contributed by atoms with Crippen molar-refractivity contribution in [2.24, 2.45) is 0 Å². The summed E-state index contributed by atoms with van der Waals surface area (Å²) < 4.78 is 1.89. The van der Waals surface area contributed by atoms with Gasteiger partial charge in [-0.3, -0.25) is 9.55 Å². The summed E-state index contributed by atoms with van der Waals surface area (Å²) >= 11 is 0. The first-order valence-corrected chi connectivity index (χ1v) is 5.40. The summed E-state index contributed by atoms with van der Waals surface area (Å²) in [5, 5.41) is 2.21. The summed E-state index contributed by atoms with van der Waals surface area (Å²) in [6.07, 6.45) is 5.56. The number of nitrogens with two attached hydrogens (primary N) is 1. The van der Waals surface area contributed by atoms with Gasteiger partial charge in [-0.25, -0.2) is 4.98 Å². The number of nitrogen functional groups attached to an aromatic ring is 1. The van der Waals surface area contributed by atoms with Gasteiger partial charge in [0.05, 0.1) is 11.4 Å². The first-order chi connectivity index (χ1) is 8.25. The second kappa shape index (κ2) is 3.59. The number of rotatable bonds is 1. The molecule has 0 amide bonds. The molecular formula is C13H12N4. The summed E-state index contributed by atoms with van der Waals surface area (Å²) in [5.74, 6) is 0.499. The van der Waals surface area contributed by atoms with E-state index in [4.69, 9.17) is 5.73 Å². The van der Waals surface area contributed by atoms with E-state index in [1.54, 1.807) is 6.20 Å². The van der Waals surface area contributed by atoms with Crippen LogP contribution in [0.1, 0.15) is 5.69 Å². The molecule has 2 heterocycles. The number of aryl methyl sites for hydroxylation is 1. The van der Waals surface area contributed by atoms with E-state index >= 15 is 0 Å². The second-order valence-electron chi connectivity index (χ2n) is 3.98. The topological polar surface area (TPSA) is 56.7 Å². The molecule has 0 aliphatic rings. The fourth-order valence-electron chi connectivity index (χ4n) is 2.02. The van der Waals surface area contributed by atoms with Crippen LogP contribution < -0.4 is 5.73 Å². The smallest absolute Gasteiger partial charge is 0.205 e. The molecule has 0 bridgehead atoms. The molecule has 0 saturated carbocycles. The highest BCUT2D eigenvalue weighted by Crippen LogP contribution is 2.23. The molecule has 0 aliphatic carbocycles. The Balaban J connectivity index is 2.34. The van der Waals surface area contributed by atoms with E-state index in [1.165, 1.54) is 0 Å². The molecule has 1 aromatic carbocycles. The van der Waals surface area contributed by atoms with Gasteiger partial charge in [0.2, 0.25) is 5.95 Å². The van der Waals surface area contributed by atoms with Crippen molar-refractivity contribution in [2.45, 2.75) is 6.92 Å². The van der Waals surface area contributed by atoms with Gasteiger partial charge in [0, 0.05) is 24.0 Å². The largest absolute Gasteiger partial charge is 0.369 e. The number of anilines is 1. The zero-order valence-corrected chi connectivity index (χ0v) is 9.46. The maximum atomic E-state index is 5.90. The first-order valence-electron chi connectivity index (χ1n) is 5.40. The lowest BCUT2D eigenvalue weighted by atomic mass is 10.1. The number of hydrogen-bond acceptors (Lipinski definition) is 3. The van der Waals surface area contributed by atoms with Gasteiger partial charge in [-0.2, -0.15) is 0 Å². The Kier molecular flexibility index (Phi) is 2.08. The van der Waals surface area contributed by atoms with Crippen LogP contribution in [-0.2, 0) is 0 Å². The van der Waals surface area contributed by atoms with Crippen LogP contribution >= 0.6 is 0 Å². The Hall–Kier alpha value is -2.36. The third kappa shape index (κ3) is 1.54. The number of imidazole rings is 1. The van der Waals surface area contributed by atoms with Crippen LogP contribution in [0.2, 0.25) is 0 Å². The van der Waals surface area contributed by atoms with Crippen LogP contribution in [0.25, 0.3) is 16.5 Å². The van der Waals surface area contributed by atoms with Gasteiger partial charge in [-0.1, -0.05) is 12.1 Å². The summed E-state index contributed by atoms with van der Waals surface area (Å²) in [5.41, 5.74) is 7.81. The van der Waals surface area contributed by atoms with E-state index in [1.807, 2.05) is 42.1 Å². The average molecular weight is 224 g/mol. The number of pyridine rings is 1. The third-order valence-corrected chi connectivity index (χ3v) is 2.77. The van der Waals surface area contributed by atoms with Gasteiger partial charge in [0.25, 0.3) is 0 Å². The maximum absolute atomic E-state index is 5.90. The van der Waals surface area contributed by atoms with Crippen molar-refractivity contribution in [1.29, 1.82) is 0 Å². The van der Waals surface area contributed by atoms with Crippen LogP contribution in [0.4, 0.5) is 5.95 Å². The zero-order chi connectivity index (χ0) is 11.8. The van der Waals surface area contributed by atoms with Gasteiger partial charge in [-0.15, -0.1) is 0 Å². The van der Waals surface area contributed by atoms with Crippen molar-refractivity contribution in [3.8, 4) is 5.69 Å². The van der Waals surface area contributed by atoms with Crippen molar-refractivity contribution >= 4 is 16.7 Å². The van der Waals surface area contributed by atoms with Crippen LogP contribution in [0.15, 0.2) is 42.9 Å². The molecule has 0 radical (unpaired) electrons. The van der Waals surface area contributed by atoms with Crippen LogP contribution in [0.5, 0.6) is 0 Å². The summed E-state index contributed by atoms with van der Waals surface area (Å²) in [6, 6.07) is 8.06. The standard InChI is InChI=1S/C13H12N4/c1-9-8-17(13(14)16-9)12-4-2-3-10-5-6-15-7-11(10)12/h2-8H,1H3,(H2,14,16). The predicted octanol–water partition coefficient (Wildman–Crippen LogP) is 2.31. The molecule has 0 spiro atoms. The highest BCUT2D eigenvalue weighted by Gasteiger charge is 2.07. The lowest BCUT2D eigenvalue weighted by Crippen LogP contribution is -2.00. The molecule has 4 nitrogen and oxygen atoms in total. The molecule has 84 valence electrons. The summed E-state index contributed by atoms with van der Waals surface area (Å²) in [7, 11) is 0. The SMILES string of the molecule is Cc1cn(-c2cccc3ccncc23)c(N)n1. The van der Waals surface area contributed by atoms with Gasteiger partial charge in [0.1, 0.15) is 0 Å². The van der Waals surface area contributed by atoms with Gasteiger partial charge < -0.3 is 5.73 Å². The van der Waals surface area contributed by atoms with Gasteiger partial charge in [-0.05, 0) is 24.4 Å². The van der Waals surface area contributed by atoms with E-state index in [0.29, 0.717) is 5.95 Å². The van der Waals surface area contributed by atoms with Gasteiger partial charge >= 0.3 is 0 Å². The molecule has 17 heavy (non-hydrogen) atoms. The van der Waals surface area contributed by atoms with Crippen LogP contribution in [0.3, 0.4) is 0 Å². The Morgan fingerprint density at radius 2 is 2.12 bits per heavy atom. The lowest BCUT2D eigenvalue weighted by molar-refractivity contribution is 1.08. The molecule has 2 N–H and O–H groups in total. The minimum atomic E-state index is 0.499. The Morgan fingerprint density at radius 1 is 1.24 bits per heavy atom. The summed E-state index contributed by atoms with van der Waals surface area (Å²) in [4.78, 5) is 8.38. The fourth-order valence-corrected chi connectivity index (χ4v) is 2.02. The quantitative estimate of drug-likeness (QED) is 0.690. The predicted molar refractivity (Wildman–Crippen MR) is 68.0 cm³/mol. The molecule has 2 aromatic heterocycles. The molecule has 0 atom stereocenters. The minimum absolute atomic E-state index is 0.499. The average Bonchev–Trinajstić information content (AvgIpc) is 2.68. The zero-order valence-electron chi connectivity index (χ0n) is 9.46. The second-order valence-corrected chi connectivity index (χ2v) is 3.98. The Labute approximate surface area is 98.7 Å². The Bertz CT molecular complexity index is 679. The lowest BCUT2D eigenvalue weighted by Gasteiger charge is -2.07. The molecule has 3 rings (SSSR count). The number of fused-ring (bicyclic) bond motifs is 1. The number of aromatic nitrogens is 3. The molecule has 0 fully saturated rings. The third-order valence-electron chi connectivity index (χ3n) is 2.77. The van der Waals surface area contributed by atoms with E-state index in [2.05, 4.69) is 16.0 Å². The van der Waals surface area contributed by atoms with Crippen molar-refractivity contribution < 1.29 is 0 Å². The molecule has 3 aromatic rings. The highest BCUT2D eigenvalue weighted by molar-refractivity contribution is 5.89. The van der Waals surface area contributed by atoms with Crippen molar-refractivity contribution in [1.82, 2.24) is 14.5 Å². The van der Waals surface area contributed by atoms with E-state index in [9.17, 15) is 0 Å². The van der Waals surface area contributed by atoms with Gasteiger partial charge in [0.15, 0.2) is 0 Å². The van der Waals surface area contributed by atoms with Crippen LogP contribution in [-0.4, -0.2) is 14.5 Å². The first kappa shape index (κ1) is 9.84. The molecule has 0 unspecified atom stereocenters.